The van der Waals surface area contributed by atoms with E-state index in [2.05, 4.69) is 11.8 Å². The zero-order valence-corrected chi connectivity index (χ0v) is 15.0. The highest BCUT2D eigenvalue weighted by molar-refractivity contribution is 6.08. The molecule has 0 aliphatic heterocycles. The van der Waals surface area contributed by atoms with Crippen LogP contribution in [0.25, 0.3) is 10.8 Å². The highest BCUT2D eigenvalue weighted by Crippen LogP contribution is 2.20. The van der Waals surface area contributed by atoms with Crippen LogP contribution < -0.4 is 0 Å². The summed E-state index contributed by atoms with van der Waals surface area (Å²) in [7, 11) is 0. The third kappa shape index (κ3) is 6.19. The van der Waals surface area contributed by atoms with E-state index in [1.54, 1.807) is 6.92 Å². The Morgan fingerprint density at radius 2 is 1.56 bits per heavy atom. The molecular weight excluding hydrogens is 308 g/mol. The molecule has 0 radical (unpaired) electrons. The van der Waals surface area contributed by atoms with Crippen LogP contribution in [0.2, 0.25) is 0 Å². The van der Waals surface area contributed by atoms with E-state index in [0.29, 0.717) is 31.5 Å². The van der Waals surface area contributed by atoms with E-state index in [1.807, 2.05) is 42.5 Å². The third-order valence-corrected chi connectivity index (χ3v) is 4.41. The van der Waals surface area contributed by atoms with Crippen molar-refractivity contribution in [3.05, 3.63) is 48.0 Å². The Balaban J connectivity index is 1.68. The van der Waals surface area contributed by atoms with Gasteiger partial charge in [0.15, 0.2) is 5.78 Å². The molecular formula is C23H26O2. The van der Waals surface area contributed by atoms with Gasteiger partial charge in [-0.1, -0.05) is 55.3 Å². The highest BCUT2D eigenvalue weighted by atomic mass is 16.1. The lowest BCUT2D eigenvalue weighted by Crippen LogP contribution is -2.00. The number of unbranched alkanes of at least 4 members (excludes halogenated alkanes) is 3. The van der Waals surface area contributed by atoms with Crippen LogP contribution in [0.4, 0.5) is 0 Å². The fourth-order valence-electron chi connectivity index (χ4n) is 3.02. The zero-order valence-electron chi connectivity index (χ0n) is 15.0. The maximum absolute atomic E-state index is 12.5. The summed E-state index contributed by atoms with van der Waals surface area (Å²) in [4.78, 5) is 24.1. The monoisotopic (exact) mass is 334 g/mol. The van der Waals surface area contributed by atoms with E-state index in [0.717, 1.165) is 42.0 Å². The Morgan fingerprint density at radius 1 is 0.840 bits per heavy atom. The topological polar surface area (TPSA) is 34.1 Å². The van der Waals surface area contributed by atoms with Gasteiger partial charge < -0.3 is 0 Å². The van der Waals surface area contributed by atoms with Gasteiger partial charge in [-0.25, -0.2) is 0 Å². The summed E-state index contributed by atoms with van der Waals surface area (Å²) in [6.07, 6.45) is 6.27. The second kappa shape index (κ2) is 10.5. The molecule has 0 spiro atoms. The van der Waals surface area contributed by atoms with Crippen molar-refractivity contribution in [1.82, 2.24) is 0 Å². The van der Waals surface area contributed by atoms with Crippen molar-refractivity contribution in [3.8, 4) is 11.8 Å². The van der Waals surface area contributed by atoms with E-state index in [9.17, 15) is 9.59 Å². The first-order chi connectivity index (χ1) is 12.2. The van der Waals surface area contributed by atoms with Gasteiger partial charge in [-0.05, 0) is 30.5 Å². The van der Waals surface area contributed by atoms with Crippen LogP contribution in [0.5, 0.6) is 0 Å². The van der Waals surface area contributed by atoms with Gasteiger partial charge in [0.2, 0.25) is 0 Å². The van der Waals surface area contributed by atoms with Gasteiger partial charge in [0.1, 0.15) is 5.78 Å². The number of carbonyl (C=O) groups excluding carboxylic acids is 2. The molecule has 0 aliphatic rings. The summed E-state index contributed by atoms with van der Waals surface area (Å²) in [5, 5.41) is 2.15. The normalized spacial score (nSPS) is 10.3. The average Bonchev–Trinajstić information content (AvgIpc) is 2.64. The van der Waals surface area contributed by atoms with Crippen molar-refractivity contribution < 1.29 is 9.59 Å². The predicted octanol–water partition coefficient (Wildman–Crippen LogP) is 5.74. The lowest BCUT2D eigenvalue weighted by molar-refractivity contribution is -0.119. The van der Waals surface area contributed by atoms with Crippen LogP contribution in [0.15, 0.2) is 42.5 Å². The molecule has 2 nitrogen and oxygen atoms in total. The molecule has 2 aromatic carbocycles. The van der Waals surface area contributed by atoms with Crippen LogP contribution in [-0.4, -0.2) is 11.6 Å². The van der Waals surface area contributed by atoms with Gasteiger partial charge in [0, 0.05) is 31.2 Å². The number of hydrogen-bond acceptors (Lipinski definition) is 2. The first kappa shape index (κ1) is 18.9. The number of carbonyl (C=O) groups is 2. The van der Waals surface area contributed by atoms with Gasteiger partial charge in [0.25, 0.3) is 0 Å². The van der Waals surface area contributed by atoms with E-state index in [-0.39, 0.29) is 5.78 Å². The summed E-state index contributed by atoms with van der Waals surface area (Å²) >= 11 is 0. The molecule has 0 heterocycles. The molecule has 2 aromatic rings. The minimum Gasteiger partial charge on any atom is -0.300 e. The van der Waals surface area contributed by atoms with Crippen molar-refractivity contribution in [3.63, 3.8) is 0 Å². The number of hydrogen-bond donors (Lipinski definition) is 0. The molecule has 2 rings (SSSR count). The number of Topliss-reactive ketones (excluding diaryl/α,β-unsaturated/α-hetero) is 2. The summed E-state index contributed by atoms with van der Waals surface area (Å²) in [6.45, 7) is 1.80. The molecule has 0 aliphatic carbocycles. The van der Waals surface area contributed by atoms with Crippen LogP contribution in [0.3, 0.4) is 0 Å². The van der Waals surface area contributed by atoms with Crippen molar-refractivity contribution in [1.29, 1.82) is 0 Å². The molecule has 0 unspecified atom stereocenters. The Kier molecular flexibility index (Phi) is 7.92. The fraction of sp³-hybridized carbons (Fsp3) is 0.391. The molecule has 0 fully saturated rings. The number of benzene rings is 2. The lowest BCUT2D eigenvalue weighted by atomic mass is 9.98. The highest BCUT2D eigenvalue weighted by Gasteiger charge is 2.09. The number of ketones is 2. The maximum atomic E-state index is 12.5. The molecule has 25 heavy (non-hydrogen) atoms. The first-order valence-electron chi connectivity index (χ1n) is 9.14. The van der Waals surface area contributed by atoms with E-state index >= 15 is 0 Å². The van der Waals surface area contributed by atoms with Gasteiger partial charge in [0.05, 0.1) is 0 Å². The number of fused-ring (bicyclic) bond motifs is 1. The molecule has 0 amide bonds. The van der Waals surface area contributed by atoms with Crippen LogP contribution in [0, 0.1) is 11.8 Å². The van der Waals surface area contributed by atoms with Crippen LogP contribution in [0.1, 0.15) is 68.6 Å². The number of rotatable bonds is 10. The zero-order chi connectivity index (χ0) is 17.9. The Bertz CT molecular complexity index is 772. The smallest absolute Gasteiger partial charge is 0.163 e. The van der Waals surface area contributed by atoms with Crippen molar-refractivity contribution in [2.24, 2.45) is 0 Å². The van der Waals surface area contributed by atoms with E-state index < -0.39 is 0 Å². The SMILES string of the molecule is CC#CCCC(=O)CCCCCCC(=O)c1cccc2ccccc12. The second-order valence-electron chi connectivity index (χ2n) is 6.33. The summed E-state index contributed by atoms with van der Waals surface area (Å²) in [5.74, 6) is 6.24. The standard InChI is InChI=1S/C23H26O2/c1-2-3-6-14-20(24)15-7-4-5-8-18-23(25)22-17-11-13-19-12-9-10-16-21(19)22/h9-13,16-17H,4-8,14-15,18H2,1H3. The third-order valence-electron chi connectivity index (χ3n) is 4.41. The van der Waals surface area contributed by atoms with Crippen LogP contribution in [-0.2, 0) is 4.79 Å². The van der Waals surface area contributed by atoms with Gasteiger partial charge in [-0.2, -0.15) is 0 Å². The van der Waals surface area contributed by atoms with Gasteiger partial charge in [-0.3, -0.25) is 9.59 Å². The van der Waals surface area contributed by atoms with E-state index in [4.69, 9.17) is 0 Å². The summed E-state index contributed by atoms with van der Waals surface area (Å²) in [5.41, 5.74) is 0.824. The van der Waals surface area contributed by atoms with Crippen molar-refractivity contribution in [2.45, 2.75) is 58.3 Å². The maximum Gasteiger partial charge on any atom is 0.163 e. The summed E-state index contributed by atoms with van der Waals surface area (Å²) < 4.78 is 0. The predicted molar refractivity (Wildman–Crippen MR) is 104 cm³/mol. The molecule has 0 bridgehead atoms. The minimum atomic E-state index is 0.214. The largest absolute Gasteiger partial charge is 0.300 e. The molecule has 0 saturated carbocycles. The lowest BCUT2D eigenvalue weighted by Gasteiger charge is -2.06. The van der Waals surface area contributed by atoms with Gasteiger partial charge >= 0.3 is 0 Å². The Morgan fingerprint density at radius 3 is 2.36 bits per heavy atom. The molecule has 0 N–H and O–H groups in total. The quantitative estimate of drug-likeness (QED) is 0.315. The van der Waals surface area contributed by atoms with Crippen molar-refractivity contribution in [2.75, 3.05) is 0 Å². The van der Waals surface area contributed by atoms with Crippen LogP contribution >= 0.6 is 0 Å². The first-order valence-corrected chi connectivity index (χ1v) is 9.14. The Labute approximate surface area is 150 Å². The second-order valence-corrected chi connectivity index (χ2v) is 6.33. The van der Waals surface area contributed by atoms with Gasteiger partial charge in [-0.15, -0.1) is 11.8 Å². The van der Waals surface area contributed by atoms with E-state index in [1.165, 1.54) is 0 Å². The van der Waals surface area contributed by atoms with Crippen molar-refractivity contribution >= 4 is 22.3 Å². The molecule has 2 heteroatoms. The average molecular weight is 334 g/mol. The minimum absolute atomic E-state index is 0.214. The molecule has 0 saturated heterocycles. The molecule has 130 valence electrons. The summed E-state index contributed by atoms with van der Waals surface area (Å²) in [6, 6.07) is 13.9. The fourth-order valence-corrected chi connectivity index (χ4v) is 3.02. The molecule has 0 atom stereocenters. The molecule has 0 aromatic heterocycles. The Hall–Kier alpha value is -2.40.